The molecule has 2 rings (SSSR count). The summed E-state index contributed by atoms with van der Waals surface area (Å²) in [6, 6.07) is 6.25. The standard InChI is InChI=1S/C14H14F2N2S2/c1-2-9-3-4-10(20-9)7-18-13-11(15)5-8(14(17)19)6-12(13)16/h3-6,18H,2,7H2,1H3,(H2,17,19). The van der Waals surface area contributed by atoms with E-state index in [0.29, 0.717) is 6.54 Å². The van der Waals surface area contributed by atoms with Gasteiger partial charge in [-0.3, -0.25) is 0 Å². The number of anilines is 1. The van der Waals surface area contributed by atoms with Crippen molar-refractivity contribution in [2.45, 2.75) is 19.9 Å². The Labute approximate surface area is 125 Å². The SMILES string of the molecule is CCc1ccc(CNc2c(F)cc(C(N)=S)cc2F)s1. The van der Waals surface area contributed by atoms with Crippen LogP contribution in [0.4, 0.5) is 14.5 Å². The van der Waals surface area contributed by atoms with Crippen molar-refractivity contribution in [1.82, 2.24) is 0 Å². The van der Waals surface area contributed by atoms with Crippen molar-refractivity contribution in [3.05, 3.63) is 51.2 Å². The minimum atomic E-state index is -0.694. The minimum Gasteiger partial charge on any atom is -0.389 e. The molecular weight excluding hydrogens is 298 g/mol. The molecular formula is C14H14F2N2S2. The van der Waals surface area contributed by atoms with Crippen molar-refractivity contribution in [3.63, 3.8) is 0 Å². The highest BCUT2D eigenvalue weighted by atomic mass is 32.1. The highest BCUT2D eigenvalue weighted by Crippen LogP contribution is 2.23. The Morgan fingerprint density at radius 2 is 1.85 bits per heavy atom. The Hall–Kier alpha value is -1.53. The summed E-state index contributed by atoms with van der Waals surface area (Å²) in [6.45, 7) is 2.45. The fraction of sp³-hybridized carbons (Fsp3) is 0.214. The number of hydrogen-bond acceptors (Lipinski definition) is 3. The van der Waals surface area contributed by atoms with E-state index in [1.165, 1.54) is 4.88 Å². The Kier molecular flexibility index (Phi) is 4.67. The predicted molar refractivity (Wildman–Crippen MR) is 83.3 cm³/mol. The van der Waals surface area contributed by atoms with Gasteiger partial charge in [0.05, 0.1) is 0 Å². The third kappa shape index (κ3) is 3.32. The zero-order valence-electron chi connectivity index (χ0n) is 10.9. The zero-order chi connectivity index (χ0) is 14.7. The highest BCUT2D eigenvalue weighted by molar-refractivity contribution is 7.80. The second-order valence-corrected chi connectivity index (χ2v) is 5.95. The zero-order valence-corrected chi connectivity index (χ0v) is 12.5. The van der Waals surface area contributed by atoms with Gasteiger partial charge in [0.25, 0.3) is 0 Å². The lowest BCUT2D eigenvalue weighted by molar-refractivity contribution is 0.587. The second kappa shape index (κ2) is 6.28. The van der Waals surface area contributed by atoms with E-state index >= 15 is 0 Å². The van der Waals surface area contributed by atoms with Crippen LogP contribution in [0.3, 0.4) is 0 Å². The average Bonchev–Trinajstić information content (AvgIpc) is 2.85. The topological polar surface area (TPSA) is 38.0 Å². The predicted octanol–water partition coefficient (Wildman–Crippen LogP) is 3.84. The van der Waals surface area contributed by atoms with Gasteiger partial charge in [0.15, 0.2) is 0 Å². The number of hydrogen-bond donors (Lipinski definition) is 2. The third-order valence-corrected chi connectivity index (χ3v) is 4.30. The summed E-state index contributed by atoms with van der Waals surface area (Å²) in [7, 11) is 0. The molecule has 0 bridgehead atoms. The Morgan fingerprint density at radius 3 is 2.35 bits per heavy atom. The van der Waals surface area contributed by atoms with E-state index in [1.54, 1.807) is 11.3 Å². The molecule has 0 saturated heterocycles. The van der Waals surface area contributed by atoms with Gasteiger partial charge in [-0.25, -0.2) is 8.78 Å². The van der Waals surface area contributed by atoms with Gasteiger partial charge >= 0.3 is 0 Å². The molecule has 20 heavy (non-hydrogen) atoms. The Morgan fingerprint density at radius 1 is 1.25 bits per heavy atom. The first-order chi connectivity index (χ1) is 9.51. The first-order valence-electron chi connectivity index (χ1n) is 6.11. The van der Waals surface area contributed by atoms with Crippen LogP contribution in [0.25, 0.3) is 0 Å². The van der Waals surface area contributed by atoms with Crippen LogP contribution in [0.15, 0.2) is 24.3 Å². The number of halogens is 2. The molecule has 0 aliphatic heterocycles. The molecule has 0 radical (unpaired) electrons. The summed E-state index contributed by atoms with van der Waals surface area (Å²) in [4.78, 5) is 2.24. The quantitative estimate of drug-likeness (QED) is 0.824. The number of thiophene rings is 1. The van der Waals surface area contributed by atoms with Crippen molar-refractivity contribution in [2.24, 2.45) is 5.73 Å². The maximum absolute atomic E-state index is 13.8. The average molecular weight is 312 g/mol. The number of nitrogens with one attached hydrogen (secondary N) is 1. The van der Waals surface area contributed by atoms with Gasteiger partial charge in [0.2, 0.25) is 0 Å². The molecule has 0 unspecified atom stereocenters. The summed E-state index contributed by atoms with van der Waals surface area (Å²) >= 11 is 6.33. The van der Waals surface area contributed by atoms with Gasteiger partial charge in [-0.05, 0) is 30.7 Å². The van der Waals surface area contributed by atoms with Crippen LogP contribution in [0, 0.1) is 11.6 Å². The summed E-state index contributed by atoms with van der Waals surface area (Å²) in [6.07, 6.45) is 0.954. The molecule has 0 atom stereocenters. The summed E-state index contributed by atoms with van der Waals surface area (Å²) < 4.78 is 27.7. The molecule has 2 nitrogen and oxygen atoms in total. The van der Waals surface area contributed by atoms with Crippen LogP contribution in [0.2, 0.25) is 0 Å². The molecule has 0 aliphatic rings. The van der Waals surface area contributed by atoms with E-state index in [4.69, 9.17) is 18.0 Å². The summed E-state index contributed by atoms with van der Waals surface area (Å²) in [5.41, 5.74) is 5.39. The van der Waals surface area contributed by atoms with Crippen LogP contribution >= 0.6 is 23.6 Å². The molecule has 3 N–H and O–H groups in total. The smallest absolute Gasteiger partial charge is 0.150 e. The fourth-order valence-corrected chi connectivity index (χ4v) is 2.78. The summed E-state index contributed by atoms with van der Waals surface area (Å²) in [5.74, 6) is -1.39. The van der Waals surface area contributed by atoms with Gasteiger partial charge in [-0.1, -0.05) is 19.1 Å². The third-order valence-electron chi connectivity index (χ3n) is 2.83. The maximum atomic E-state index is 13.8. The van der Waals surface area contributed by atoms with Crippen LogP contribution in [-0.4, -0.2) is 4.99 Å². The van der Waals surface area contributed by atoms with E-state index in [-0.39, 0.29) is 16.2 Å². The van der Waals surface area contributed by atoms with Gasteiger partial charge in [0, 0.05) is 21.9 Å². The monoisotopic (exact) mass is 312 g/mol. The fourth-order valence-electron chi connectivity index (χ4n) is 1.77. The van der Waals surface area contributed by atoms with Crippen molar-refractivity contribution in [2.75, 3.05) is 5.32 Å². The minimum absolute atomic E-state index is 0.0276. The number of thiocarbonyl (C=S) groups is 1. The van der Waals surface area contributed by atoms with Crippen LogP contribution in [0.1, 0.15) is 22.2 Å². The van der Waals surface area contributed by atoms with E-state index in [0.717, 1.165) is 23.4 Å². The lowest BCUT2D eigenvalue weighted by Gasteiger charge is -2.09. The van der Waals surface area contributed by atoms with E-state index in [9.17, 15) is 8.78 Å². The van der Waals surface area contributed by atoms with E-state index < -0.39 is 11.6 Å². The van der Waals surface area contributed by atoms with Crippen molar-refractivity contribution >= 4 is 34.2 Å². The molecule has 1 aromatic carbocycles. The van der Waals surface area contributed by atoms with E-state index in [2.05, 4.69) is 12.2 Å². The molecule has 6 heteroatoms. The molecule has 1 heterocycles. The lowest BCUT2D eigenvalue weighted by atomic mass is 10.2. The van der Waals surface area contributed by atoms with Gasteiger partial charge in [-0.15, -0.1) is 11.3 Å². The number of aryl methyl sites for hydroxylation is 1. The molecule has 0 saturated carbocycles. The van der Waals surface area contributed by atoms with Gasteiger partial charge < -0.3 is 11.1 Å². The van der Waals surface area contributed by atoms with Crippen molar-refractivity contribution < 1.29 is 8.78 Å². The highest BCUT2D eigenvalue weighted by Gasteiger charge is 2.12. The molecule has 0 spiro atoms. The summed E-state index contributed by atoms with van der Waals surface area (Å²) in [5, 5.41) is 2.78. The number of nitrogens with two attached hydrogens (primary N) is 1. The van der Waals surface area contributed by atoms with Gasteiger partial charge in [0.1, 0.15) is 22.3 Å². The molecule has 2 aromatic rings. The molecule has 0 fully saturated rings. The maximum Gasteiger partial charge on any atom is 0.150 e. The number of benzene rings is 1. The van der Waals surface area contributed by atoms with Crippen LogP contribution in [0.5, 0.6) is 0 Å². The second-order valence-electron chi connectivity index (χ2n) is 4.25. The molecule has 106 valence electrons. The Bertz CT molecular complexity index is 615. The first-order valence-corrected chi connectivity index (χ1v) is 7.34. The first kappa shape index (κ1) is 14.9. The molecule has 0 aliphatic carbocycles. The van der Waals surface area contributed by atoms with Crippen LogP contribution in [-0.2, 0) is 13.0 Å². The normalized spacial score (nSPS) is 10.6. The van der Waals surface area contributed by atoms with Gasteiger partial charge in [-0.2, -0.15) is 0 Å². The number of rotatable bonds is 5. The van der Waals surface area contributed by atoms with Crippen LogP contribution < -0.4 is 11.1 Å². The van der Waals surface area contributed by atoms with Crippen molar-refractivity contribution in [3.8, 4) is 0 Å². The largest absolute Gasteiger partial charge is 0.389 e. The lowest BCUT2D eigenvalue weighted by Crippen LogP contribution is -2.12. The Balaban J connectivity index is 2.15. The van der Waals surface area contributed by atoms with E-state index in [1.807, 2.05) is 12.1 Å². The molecule has 0 amide bonds. The van der Waals surface area contributed by atoms with Crippen molar-refractivity contribution in [1.29, 1.82) is 0 Å². The molecule has 1 aromatic heterocycles.